The molecule has 0 bridgehead atoms. The van der Waals surface area contributed by atoms with Gasteiger partial charge in [0.15, 0.2) is 5.82 Å². The van der Waals surface area contributed by atoms with Crippen molar-refractivity contribution in [3.63, 3.8) is 0 Å². The minimum atomic E-state index is -0.391. The third-order valence-corrected chi connectivity index (χ3v) is 1.65. The van der Waals surface area contributed by atoms with E-state index in [2.05, 4.69) is 10.3 Å². The number of aromatic nitrogens is 1. The molecule has 0 unspecified atom stereocenters. The van der Waals surface area contributed by atoms with Crippen molar-refractivity contribution in [1.29, 1.82) is 5.41 Å². The maximum absolute atomic E-state index is 13.2. The summed E-state index contributed by atoms with van der Waals surface area (Å²) in [6.07, 6.45) is 5.82. The van der Waals surface area contributed by atoms with E-state index in [9.17, 15) is 4.39 Å². The topological polar surface area (TPSA) is 48.8 Å². The summed E-state index contributed by atoms with van der Waals surface area (Å²) in [5.74, 6) is -0.391. The molecule has 14 heavy (non-hydrogen) atoms. The van der Waals surface area contributed by atoms with Crippen LogP contribution in [0.15, 0.2) is 24.7 Å². The molecular formula is C10H12FN3. The van der Waals surface area contributed by atoms with Crippen LogP contribution < -0.4 is 5.32 Å². The Hall–Kier alpha value is -1.71. The fourth-order valence-electron chi connectivity index (χ4n) is 0.965. The molecule has 0 spiro atoms. The van der Waals surface area contributed by atoms with Crippen molar-refractivity contribution < 1.29 is 4.39 Å². The predicted molar refractivity (Wildman–Crippen MR) is 55.1 cm³/mol. The average Bonchev–Trinajstić information content (AvgIpc) is 2.09. The first-order valence-corrected chi connectivity index (χ1v) is 4.19. The number of rotatable bonds is 3. The van der Waals surface area contributed by atoms with Crippen molar-refractivity contribution in [2.45, 2.75) is 13.8 Å². The molecule has 74 valence electrons. The van der Waals surface area contributed by atoms with Crippen molar-refractivity contribution in [2.75, 3.05) is 5.32 Å². The van der Waals surface area contributed by atoms with Gasteiger partial charge in [0.2, 0.25) is 0 Å². The van der Waals surface area contributed by atoms with Crippen molar-refractivity contribution >= 4 is 11.4 Å². The van der Waals surface area contributed by atoms with Gasteiger partial charge in [-0.25, -0.2) is 4.39 Å². The number of allylic oxidation sites excluding steroid dienone is 1. The van der Waals surface area contributed by atoms with Gasteiger partial charge in [0.05, 0.1) is 11.9 Å². The van der Waals surface area contributed by atoms with E-state index in [0.29, 0.717) is 11.4 Å². The van der Waals surface area contributed by atoms with Crippen LogP contribution in [0.5, 0.6) is 0 Å². The van der Waals surface area contributed by atoms with Crippen molar-refractivity contribution in [3.05, 3.63) is 36.1 Å². The fourth-order valence-corrected chi connectivity index (χ4v) is 0.965. The second-order valence-corrected chi connectivity index (χ2v) is 2.97. The normalized spacial score (nSPS) is 10.5. The Bertz CT molecular complexity index is 351. The third-order valence-electron chi connectivity index (χ3n) is 1.65. The van der Waals surface area contributed by atoms with Crippen LogP contribution >= 0.6 is 0 Å². The predicted octanol–water partition coefficient (Wildman–Crippen LogP) is 2.49. The summed E-state index contributed by atoms with van der Waals surface area (Å²) < 4.78 is 13.2. The first-order valence-electron chi connectivity index (χ1n) is 4.19. The highest BCUT2D eigenvalue weighted by Crippen LogP contribution is 2.16. The number of aryl methyl sites for hydroxylation is 1. The molecule has 0 saturated heterocycles. The Labute approximate surface area is 82.2 Å². The molecule has 1 rings (SSSR count). The maximum Gasteiger partial charge on any atom is 0.165 e. The molecule has 1 aromatic heterocycles. The van der Waals surface area contributed by atoms with Crippen molar-refractivity contribution in [3.8, 4) is 0 Å². The Balaban J connectivity index is 2.81. The van der Waals surface area contributed by atoms with Gasteiger partial charge in [0, 0.05) is 18.1 Å². The van der Waals surface area contributed by atoms with E-state index in [4.69, 9.17) is 5.41 Å². The lowest BCUT2D eigenvalue weighted by Gasteiger charge is -2.05. The largest absolute Gasteiger partial charge is 0.359 e. The minimum Gasteiger partial charge on any atom is -0.359 e. The van der Waals surface area contributed by atoms with Gasteiger partial charge in [-0.3, -0.25) is 4.98 Å². The zero-order chi connectivity index (χ0) is 10.6. The quantitative estimate of drug-likeness (QED) is 0.724. The van der Waals surface area contributed by atoms with Crippen LogP contribution in [0.3, 0.4) is 0 Å². The molecule has 4 heteroatoms. The number of pyridine rings is 1. The fraction of sp³-hybridized carbons (Fsp3) is 0.200. The van der Waals surface area contributed by atoms with Crippen LogP contribution in [0.25, 0.3) is 0 Å². The standard InChI is InChI=1S/C10H12FN3/c1-7-5-13-6-9(11)10(7)14-4-3-8(2)12/h3-6,12H,1-2H3,(H,13,14)/b4-3-,12-8?. The molecule has 0 atom stereocenters. The lowest BCUT2D eigenvalue weighted by atomic mass is 10.2. The van der Waals surface area contributed by atoms with E-state index in [1.165, 1.54) is 6.20 Å². The van der Waals surface area contributed by atoms with E-state index in [1.54, 1.807) is 26.1 Å². The molecule has 0 saturated carbocycles. The smallest absolute Gasteiger partial charge is 0.165 e. The second kappa shape index (κ2) is 4.50. The molecule has 0 aliphatic heterocycles. The Morgan fingerprint density at radius 2 is 2.29 bits per heavy atom. The molecule has 2 N–H and O–H groups in total. The first-order chi connectivity index (χ1) is 6.61. The van der Waals surface area contributed by atoms with Crippen LogP contribution in [-0.4, -0.2) is 10.7 Å². The monoisotopic (exact) mass is 193 g/mol. The van der Waals surface area contributed by atoms with Gasteiger partial charge in [-0.15, -0.1) is 0 Å². The average molecular weight is 193 g/mol. The van der Waals surface area contributed by atoms with Gasteiger partial charge in [0.25, 0.3) is 0 Å². The molecular weight excluding hydrogens is 181 g/mol. The van der Waals surface area contributed by atoms with E-state index in [-0.39, 0.29) is 0 Å². The molecule has 0 aliphatic carbocycles. The summed E-state index contributed by atoms with van der Waals surface area (Å²) in [4.78, 5) is 3.71. The summed E-state index contributed by atoms with van der Waals surface area (Å²) in [5, 5.41) is 9.91. The molecule has 0 amide bonds. The lowest BCUT2D eigenvalue weighted by Crippen LogP contribution is -1.96. The summed E-state index contributed by atoms with van der Waals surface area (Å²) in [6.45, 7) is 3.41. The van der Waals surface area contributed by atoms with Crippen LogP contribution in [0.2, 0.25) is 0 Å². The number of anilines is 1. The SMILES string of the molecule is CC(=N)/C=C\Nc1c(C)cncc1F. The van der Waals surface area contributed by atoms with Crippen molar-refractivity contribution in [1.82, 2.24) is 4.98 Å². The number of hydrogen-bond donors (Lipinski definition) is 2. The molecule has 3 nitrogen and oxygen atoms in total. The second-order valence-electron chi connectivity index (χ2n) is 2.97. The summed E-state index contributed by atoms with van der Waals surface area (Å²) in [5.41, 5.74) is 1.54. The zero-order valence-corrected chi connectivity index (χ0v) is 8.13. The Morgan fingerprint density at radius 1 is 1.57 bits per heavy atom. The van der Waals surface area contributed by atoms with E-state index >= 15 is 0 Å². The molecule has 0 aliphatic rings. The summed E-state index contributed by atoms with van der Waals surface area (Å²) >= 11 is 0. The molecule has 1 heterocycles. The third kappa shape index (κ3) is 2.65. The Morgan fingerprint density at radius 3 is 2.86 bits per heavy atom. The van der Waals surface area contributed by atoms with Gasteiger partial charge >= 0.3 is 0 Å². The van der Waals surface area contributed by atoms with Gasteiger partial charge in [-0.2, -0.15) is 0 Å². The highest BCUT2D eigenvalue weighted by atomic mass is 19.1. The van der Waals surface area contributed by atoms with Crippen molar-refractivity contribution in [2.24, 2.45) is 0 Å². The molecule has 0 fully saturated rings. The van der Waals surface area contributed by atoms with Gasteiger partial charge in [-0.05, 0) is 25.5 Å². The van der Waals surface area contributed by atoms with Crippen LogP contribution in [0.4, 0.5) is 10.1 Å². The van der Waals surface area contributed by atoms with E-state index < -0.39 is 5.82 Å². The van der Waals surface area contributed by atoms with Gasteiger partial charge in [0.1, 0.15) is 0 Å². The van der Waals surface area contributed by atoms with Gasteiger partial charge in [-0.1, -0.05) is 0 Å². The van der Waals surface area contributed by atoms with Gasteiger partial charge < -0.3 is 10.7 Å². The van der Waals surface area contributed by atoms with E-state index in [0.717, 1.165) is 11.8 Å². The minimum absolute atomic E-state index is 0.391. The van der Waals surface area contributed by atoms with Crippen LogP contribution in [0.1, 0.15) is 12.5 Å². The maximum atomic E-state index is 13.2. The zero-order valence-electron chi connectivity index (χ0n) is 8.13. The lowest BCUT2D eigenvalue weighted by molar-refractivity contribution is 0.624. The van der Waals surface area contributed by atoms with Crippen LogP contribution in [0, 0.1) is 18.2 Å². The highest BCUT2D eigenvalue weighted by Gasteiger charge is 2.02. The number of hydrogen-bond acceptors (Lipinski definition) is 3. The summed E-state index contributed by atoms with van der Waals surface area (Å²) in [6, 6.07) is 0. The van der Waals surface area contributed by atoms with Crippen LogP contribution in [-0.2, 0) is 0 Å². The molecule has 1 aromatic rings. The number of nitrogens with zero attached hydrogens (tertiary/aromatic N) is 1. The first kappa shape index (κ1) is 10.4. The molecule has 0 radical (unpaired) electrons. The number of halogens is 1. The molecule has 0 aromatic carbocycles. The highest BCUT2D eigenvalue weighted by molar-refractivity contribution is 5.90. The van der Waals surface area contributed by atoms with E-state index in [1.807, 2.05) is 0 Å². The Kier molecular flexibility index (Phi) is 3.34. The number of nitrogens with one attached hydrogen (secondary N) is 2. The summed E-state index contributed by atoms with van der Waals surface area (Å²) in [7, 11) is 0.